The summed E-state index contributed by atoms with van der Waals surface area (Å²) in [5.74, 6) is -1.66. The van der Waals surface area contributed by atoms with Crippen LogP contribution in [-0.4, -0.2) is 61.7 Å². The predicted octanol–water partition coefficient (Wildman–Crippen LogP) is 5.69. The van der Waals surface area contributed by atoms with Gasteiger partial charge >= 0.3 is 12.1 Å². The van der Waals surface area contributed by atoms with Crippen molar-refractivity contribution in [1.82, 2.24) is 5.32 Å². The Hall–Kier alpha value is -4.05. The molecule has 0 bridgehead atoms. The van der Waals surface area contributed by atoms with E-state index in [-0.39, 0.29) is 44.4 Å². The number of nitrogens with one attached hydrogen (secondary N) is 1. The Kier molecular flexibility index (Phi) is 9.59. The molecule has 3 aromatic rings. The monoisotopic (exact) mass is 613 g/mol. The molecule has 1 spiro atoms. The van der Waals surface area contributed by atoms with E-state index in [9.17, 15) is 14.4 Å². The van der Waals surface area contributed by atoms with E-state index in [0.29, 0.717) is 19.4 Å². The van der Waals surface area contributed by atoms with Crippen molar-refractivity contribution in [2.45, 2.75) is 75.6 Å². The summed E-state index contributed by atoms with van der Waals surface area (Å²) < 4.78 is 29.5. The number of esters is 1. The molecule has 9 heteroatoms. The van der Waals surface area contributed by atoms with E-state index in [4.69, 9.17) is 23.7 Å². The van der Waals surface area contributed by atoms with Gasteiger partial charge in [0.25, 0.3) is 0 Å². The highest BCUT2D eigenvalue weighted by Gasteiger charge is 2.46. The Labute approximate surface area is 263 Å². The smallest absolute Gasteiger partial charge is 0.407 e. The van der Waals surface area contributed by atoms with Crippen molar-refractivity contribution in [3.8, 4) is 11.1 Å². The molecule has 9 nitrogen and oxygen atoms in total. The van der Waals surface area contributed by atoms with Gasteiger partial charge in [-0.1, -0.05) is 78.9 Å². The number of alkyl carbamates (subject to hydrolysis) is 1. The first-order valence-electron chi connectivity index (χ1n) is 15.7. The number of benzene rings is 3. The van der Waals surface area contributed by atoms with Crippen LogP contribution in [-0.2, 0) is 39.9 Å². The van der Waals surface area contributed by atoms with Crippen LogP contribution in [0.25, 0.3) is 11.1 Å². The highest BCUT2D eigenvalue weighted by atomic mass is 16.7. The molecule has 0 radical (unpaired) electrons. The van der Waals surface area contributed by atoms with Crippen LogP contribution in [0.2, 0.25) is 0 Å². The fraction of sp³-hybridized carbons (Fsp3) is 0.417. The summed E-state index contributed by atoms with van der Waals surface area (Å²) in [6.07, 6.45) is 0.919. The lowest BCUT2D eigenvalue weighted by Crippen LogP contribution is -2.52. The van der Waals surface area contributed by atoms with Gasteiger partial charge in [0.2, 0.25) is 0 Å². The average Bonchev–Trinajstić information content (AvgIpc) is 3.36. The summed E-state index contributed by atoms with van der Waals surface area (Å²) in [5, 5.41) is 2.58. The first kappa shape index (κ1) is 31.0. The largest absolute Gasteiger partial charge is 0.461 e. The molecule has 236 valence electrons. The standard InChI is InChI=1S/C36H39NO8/c1-24(37-35(40)43-23-33-31-15-7-5-13-29(31)30-14-6-8-16-32(30)33)34(39)42-22-27-12-9-17-36(44-27)19-26(38)18-28(45-36)21-41-20-25-10-3-2-4-11-25/h2-8,10-11,13-16,24,27-28,33H,9,12,17-23H2,1H3,(H,37,40)/t24-,27-,28-,36-/m0/s1. The Morgan fingerprint density at radius 3 is 2.27 bits per heavy atom. The second-order valence-corrected chi connectivity index (χ2v) is 12.0. The molecule has 3 aromatic carbocycles. The van der Waals surface area contributed by atoms with E-state index in [1.165, 1.54) is 0 Å². The molecule has 1 aliphatic carbocycles. The number of amides is 1. The SMILES string of the molecule is C[C@H](NC(=O)OCC1c2ccccc2-c2ccccc21)C(=O)OC[C@@H]1CCC[C@]2(CC(=O)C[C@@H](COCc3ccccc3)O2)O1. The molecular formula is C36H39NO8. The topological polar surface area (TPSA) is 109 Å². The highest BCUT2D eigenvalue weighted by Crippen LogP contribution is 2.44. The van der Waals surface area contributed by atoms with Crippen molar-refractivity contribution in [2.24, 2.45) is 0 Å². The Bertz CT molecular complexity index is 1460. The molecule has 4 atom stereocenters. The quantitative estimate of drug-likeness (QED) is 0.291. The summed E-state index contributed by atoms with van der Waals surface area (Å²) >= 11 is 0. The van der Waals surface area contributed by atoms with E-state index in [0.717, 1.165) is 34.2 Å². The lowest BCUT2D eigenvalue weighted by Gasteiger charge is -2.45. The summed E-state index contributed by atoms with van der Waals surface area (Å²) in [7, 11) is 0. The van der Waals surface area contributed by atoms with Gasteiger partial charge in [-0.25, -0.2) is 9.59 Å². The van der Waals surface area contributed by atoms with Gasteiger partial charge in [-0.15, -0.1) is 0 Å². The third-order valence-corrected chi connectivity index (χ3v) is 8.63. The van der Waals surface area contributed by atoms with E-state index < -0.39 is 36.1 Å². The molecule has 2 heterocycles. The Morgan fingerprint density at radius 2 is 1.53 bits per heavy atom. The third kappa shape index (κ3) is 7.44. The zero-order chi connectivity index (χ0) is 31.2. The molecule has 45 heavy (non-hydrogen) atoms. The normalized spacial score (nSPS) is 23.2. The number of carbonyl (C=O) groups excluding carboxylic acids is 3. The second-order valence-electron chi connectivity index (χ2n) is 12.0. The van der Waals surface area contributed by atoms with Crippen LogP contribution in [0.15, 0.2) is 78.9 Å². The van der Waals surface area contributed by atoms with Gasteiger partial charge in [-0.05, 0) is 47.6 Å². The fourth-order valence-electron chi connectivity index (χ4n) is 6.52. The summed E-state index contributed by atoms with van der Waals surface area (Å²) in [4.78, 5) is 38.1. The molecular weight excluding hydrogens is 574 g/mol. The average molecular weight is 614 g/mol. The summed E-state index contributed by atoms with van der Waals surface area (Å²) in [6.45, 7) is 2.41. The maximum atomic E-state index is 12.8. The molecule has 2 saturated heterocycles. The van der Waals surface area contributed by atoms with Crippen molar-refractivity contribution in [2.75, 3.05) is 19.8 Å². The second kappa shape index (κ2) is 13.9. The zero-order valence-electron chi connectivity index (χ0n) is 25.4. The Morgan fingerprint density at radius 1 is 0.867 bits per heavy atom. The van der Waals surface area contributed by atoms with Gasteiger partial charge in [-0.3, -0.25) is 4.79 Å². The maximum Gasteiger partial charge on any atom is 0.407 e. The molecule has 0 saturated carbocycles. The summed E-state index contributed by atoms with van der Waals surface area (Å²) in [5.41, 5.74) is 5.55. The number of ketones is 1. The van der Waals surface area contributed by atoms with Gasteiger partial charge in [-0.2, -0.15) is 0 Å². The van der Waals surface area contributed by atoms with Crippen LogP contribution in [0.5, 0.6) is 0 Å². The van der Waals surface area contributed by atoms with Crippen LogP contribution in [0.1, 0.15) is 61.6 Å². The minimum Gasteiger partial charge on any atom is -0.461 e. The molecule has 1 N–H and O–H groups in total. The van der Waals surface area contributed by atoms with Crippen molar-refractivity contribution in [3.63, 3.8) is 0 Å². The van der Waals surface area contributed by atoms with Crippen molar-refractivity contribution in [3.05, 3.63) is 95.6 Å². The number of carbonyl (C=O) groups is 3. The van der Waals surface area contributed by atoms with Crippen LogP contribution >= 0.6 is 0 Å². The van der Waals surface area contributed by atoms with Gasteiger partial charge in [0, 0.05) is 18.8 Å². The number of fused-ring (bicyclic) bond motifs is 3. The number of hydrogen-bond donors (Lipinski definition) is 1. The van der Waals surface area contributed by atoms with Gasteiger partial charge < -0.3 is 29.0 Å². The van der Waals surface area contributed by atoms with Crippen LogP contribution in [0, 0.1) is 0 Å². The minimum atomic E-state index is -1.05. The molecule has 2 fully saturated rings. The molecule has 3 aliphatic rings. The zero-order valence-corrected chi connectivity index (χ0v) is 25.4. The minimum absolute atomic E-state index is 0.00990. The van der Waals surface area contributed by atoms with E-state index in [1.54, 1.807) is 6.92 Å². The molecule has 0 aromatic heterocycles. The number of rotatable bonds is 10. The van der Waals surface area contributed by atoms with Crippen LogP contribution in [0.3, 0.4) is 0 Å². The van der Waals surface area contributed by atoms with Gasteiger partial charge in [0.15, 0.2) is 5.79 Å². The molecule has 1 amide bonds. The lowest BCUT2D eigenvalue weighted by molar-refractivity contribution is -0.313. The van der Waals surface area contributed by atoms with Crippen LogP contribution < -0.4 is 5.32 Å². The summed E-state index contributed by atoms with van der Waals surface area (Å²) in [6, 6.07) is 25.1. The van der Waals surface area contributed by atoms with E-state index in [1.807, 2.05) is 66.7 Å². The van der Waals surface area contributed by atoms with Gasteiger partial charge in [0.1, 0.15) is 25.0 Å². The first-order chi connectivity index (χ1) is 21.9. The molecule has 0 unspecified atom stereocenters. The number of hydrogen-bond acceptors (Lipinski definition) is 8. The number of ether oxygens (including phenoxy) is 5. The first-order valence-corrected chi connectivity index (χ1v) is 15.7. The van der Waals surface area contributed by atoms with Crippen molar-refractivity contribution in [1.29, 1.82) is 0 Å². The molecule has 6 rings (SSSR count). The predicted molar refractivity (Wildman–Crippen MR) is 165 cm³/mol. The lowest BCUT2D eigenvalue weighted by atomic mass is 9.92. The maximum absolute atomic E-state index is 12.8. The van der Waals surface area contributed by atoms with Gasteiger partial charge in [0.05, 0.1) is 31.8 Å². The molecule has 2 aliphatic heterocycles. The van der Waals surface area contributed by atoms with Crippen molar-refractivity contribution >= 4 is 17.8 Å². The highest BCUT2D eigenvalue weighted by molar-refractivity contribution is 5.82. The Balaban J connectivity index is 0.952. The fourth-order valence-corrected chi connectivity index (χ4v) is 6.52. The van der Waals surface area contributed by atoms with Crippen molar-refractivity contribution < 1.29 is 38.1 Å². The van der Waals surface area contributed by atoms with Crippen LogP contribution in [0.4, 0.5) is 4.79 Å². The number of Topliss-reactive ketones (excluding diaryl/α,β-unsaturated/α-hetero) is 1. The third-order valence-electron chi connectivity index (χ3n) is 8.63. The van der Waals surface area contributed by atoms with E-state index >= 15 is 0 Å². The van der Waals surface area contributed by atoms with E-state index in [2.05, 4.69) is 17.4 Å².